The lowest BCUT2D eigenvalue weighted by Gasteiger charge is -2.06. The molecule has 0 amide bonds. The van der Waals surface area contributed by atoms with Crippen LogP contribution >= 0.6 is 12.2 Å². The third-order valence-electron chi connectivity index (χ3n) is 2.09. The number of hydrogen-bond acceptors (Lipinski definition) is 4. The van der Waals surface area contributed by atoms with Crippen LogP contribution in [0.4, 0.5) is 0 Å². The number of hydrogen-bond donors (Lipinski definition) is 2. The molecule has 0 spiro atoms. The fourth-order valence-corrected chi connectivity index (χ4v) is 1.47. The van der Waals surface area contributed by atoms with Crippen LogP contribution in [-0.4, -0.2) is 32.1 Å². The zero-order valence-corrected chi connectivity index (χ0v) is 11.5. The maximum Gasteiger partial charge on any atom is 0.186 e. The first-order chi connectivity index (χ1) is 8.69. The van der Waals surface area contributed by atoms with Crippen LogP contribution in [0.2, 0.25) is 0 Å². The summed E-state index contributed by atoms with van der Waals surface area (Å²) in [5.41, 5.74) is 3.57. The van der Waals surface area contributed by atoms with E-state index in [1.807, 2.05) is 19.1 Å². The van der Waals surface area contributed by atoms with Crippen LogP contribution in [0.3, 0.4) is 0 Å². The van der Waals surface area contributed by atoms with Gasteiger partial charge in [0.05, 0.1) is 20.4 Å². The minimum atomic E-state index is 0.489. The summed E-state index contributed by atoms with van der Waals surface area (Å²) in [5.74, 6) is 1.43. The van der Waals surface area contributed by atoms with Crippen LogP contribution in [0, 0.1) is 0 Å². The molecule has 0 aromatic heterocycles. The molecular formula is C12H17N3O2S. The number of nitrogens with one attached hydrogen (secondary N) is 2. The summed E-state index contributed by atoms with van der Waals surface area (Å²) in [6.45, 7) is 2.72. The SMILES string of the molecule is CCNC(=S)N/N=C/c1cc(OC)cc(OC)c1. The van der Waals surface area contributed by atoms with E-state index in [1.165, 1.54) is 0 Å². The number of thiocarbonyl (C=S) groups is 1. The van der Waals surface area contributed by atoms with E-state index in [-0.39, 0.29) is 0 Å². The van der Waals surface area contributed by atoms with Gasteiger partial charge in [-0.3, -0.25) is 5.43 Å². The average molecular weight is 267 g/mol. The van der Waals surface area contributed by atoms with Gasteiger partial charge in [0, 0.05) is 18.2 Å². The van der Waals surface area contributed by atoms with Gasteiger partial charge in [-0.2, -0.15) is 5.10 Å². The van der Waals surface area contributed by atoms with E-state index in [1.54, 1.807) is 26.5 Å². The summed E-state index contributed by atoms with van der Waals surface area (Å²) in [5, 5.41) is 7.44. The zero-order valence-electron chi connectivity index (χ0n) is 10.7. The number of rotatable bonds is 5. The molecule has 1 aromatic rings. The van der Waals surface area contributed by atoms with Crippen LogP contribution in [-0.2, 0) is 0 Å². The van der Waals surface area contributed by atoms with Crippen LogP contribution in [0.1, 0.15) is 12.5 Å². The first-order valence-electron chi connectivity index (χ1n) is 5.49. The number of nitrogens with zero attached hydrogens (tertiary/aromatic N) is 1. The van der Waals surface area contributed by atoms with Crippen molar-refractivity contribution < 1.29 is 9.47 Å². The van der Waals surface area contributed by atoms with Gasteiger partial charge in [-0.1, -0.05) is 0 Å². The molecule has 1 rings (SSSR count). The van der Waals surface area contributed by atoms with Gasteiger partial charge < -0.3 is 14.8 Å². The molecule has 0 heterocycles. The summed E-state index contributed by atoms with van der Waals surface area (Å²) in [6.07, 6.45) is 1.65. The Morgan fingerprint density at radius 3 is 2.39 bits per heavy atom. The molecule has 0 bridgehead atoms. The summed E-state index contributed by atoms with van der Waals surface area (Å²) in [6, 6.07) is 5.50. The third kappa shape index (κ3) is 4.58. The van der Waals surface area contributed by atoms with E-state index in [0.29, 0.717) is 16.6 Å². The van der Waals surface area contributed by atoms with Crippen molar-refractivity contribution in [1.29, 1.82) is 0 Å². The van der Waals surface area contributed by atoms with Crippen molar-refractivity contribution in [3.8, 4) is 11.5 Å². The molecule has 0 fully saturated rings. The molecule has 0 atom stereocenters. The summed E-state index contributed by atoms with van der Waals surface area (Å²) < 4.78 is 10.3. The molecular weight excluding hydrogens is 250 g/mol. The van der Waals surface area contributed by atoms with Crippen molar-refractivity contribution in [3.63, 3.8) is 0 Å². The Balaban J connectivity index is 2.71. The van der Waals surface area contributed by atoms with Crippen molar-refractivity contribution in [2.75, 3.05) is 20.8 Å². The van der Waals surface area contributed by atoms with E-state index in [4.69, 9.17) is 21.7 Å². The Labute approximate surface area is 112 Å². The minimum absolute atomic E-state index is 0.489. The summed E-state index contributed by atoms with van der Waals surface area (Å²) in [4.78, 5) is 0. The van der Waals surface area contributed by atoms with E-state index in [9.17, 15) is 0 Å². The van der Waals surface area contributed by atoms with Crippen LogP contribution < -0.4 is 20.2 Å². The highest BCUT2D eigenvalue weighted by atomic mass is 32.1. The molecule has 18 heavy (non-hydrogen) atoms. The van der Waals surface area contributed by atoms with Crippen molar-refractivity contribution in [2.45, 2.75) is 6.92 Å². The van der Waals surface area contributed by atoms with E-state index < -0.39 is 0 Å². The van der Waals surface area contributed by atoms with Gasteiger partial charge >= 0.3 is 0 Å². The highest BCUT2D eigenvalue weighted by Crippen LogP contribution is 2.21. The van der Waals surface area contributed by atoms with Gasteiger partial charge in [-0.05, 0) is 31.3 Å². The molecule has 1 aromatic carbocycles. The lowest BCUT2D eigenvalue weighted by Crippen LogP contribution is -2.31. The first-order valence-corrected chi connectivity index (χ1v) is 5.90. The normalized spacial score (nSPS) is 10.2. The summed E-state index contributed by atoms with van der Waals surface area (Å²) in [7, 11) is 3.21. The molecule has 98 valence electrons. The second-order valence-electron chi connectivity index (χ2n) is 3.38. The highest BCUT2D eigenvalue weighted by molar-refractivity contribution is 7.80. The van der Waals surface area contributed by atoms with Crippen LogP contribution in [0.25, 0.3) is 0 Å². The molecule has 2 N–H and O–H groups in total. The fraction of sp³-hybridized carbons (Fsp3) is 0.333. The van der Waals surface area contributed by atoms with Crippen molar-refractivity contribution in [3.05, 3.63) is 23.8 Å². The van der Waals surface area contributed by atoms with Gasteiger partial charge in [0.2, 0.25) is 0 Å². The maximum absolute atomic E-state index is 5.16. The summed E-state index contributed by atoms with van der Waals surface area (Å²) >= 11 is 4.98. The predicted molar refractivity (Wildman–Crippen MR) is 76.6 cm³/mol. The fourth-order valence-electron chi connectivity index (χ4n) is 1.27. The Bertz CT molecular complexity index is 413. The molecule has 0 aliphatic heterocycles. The predicted octanol–water partition coefficient (Wildman–Crippen LogP) is 1.52. The molecule has 0 saturated heterocycles. The number of methoxy groups -OCH3 is 2. The Kier molecular flexibility index (Phi) is 5.93. The number of ether oxygens (including phenoxy) is 2. The molecule has 0 radical (unpaired) electrons. The lowest BCUT2D eigenvalue weighted by molar-refractivity contribution is 0.394. The van der Waals surface area contributed by atoms with Gasteiger partial charge in [-0.25, -0.2) is 0 Å². The smallest absolute Gasteiger partial charge is 0.186 e. The molecule has 0 aliphatic carbocycles. The van der Waals surface area contributed by atoms with Crippen LogP contribution in [0.5, 0.6) is 11.5 Å². The third-order valence-corrected chi connectivity index (χ3v) is 2.33. The van der Waals surface area contributed by atoms with Crippen molar-refractivity contribution in [1.82, 2.24) is 10.7 Å². The first kappa shape index (κ1) is 14.2. The Morgan fingerprint density at radius 1 is 1.28 bits per heavy atom. The van der Waals surface area contributed by atoms with Crippen molar-refractivity contribution >= 4 is 23.5 Å². The average Bonchev–Trinajstić information content (AvgIpc) is 2.38. The minimum Gasteiger partial charge on any atom is -0.497 e. The van der Waals surface area contributed by atoms with Gasteiger partial charge in [0.15, 0.2) is 5.11 Å². The van der Waals surface area contributed by atoms with Gasteiger partial charge in [-0.15, -0.1) is 0 Å². The monoisotopic (exact) mass is 267 g/mol. The number of benzene rings is 1. The van der Waals surface area contributed by atoms with E-state index in [2.05, 4.69) is 15.8 Å². The maximum atomic E-state index is 5.16. The lowest BCUT2D eigenvalue weighted by atomic mass is 10.2. The largest absolute Gasteiger partial charge is 0.497 e. The second kappa shape index (κ2) is 7.50. The zero-order chi connectivity index (χ0) is 13.4. The quantitative estimate of drug-likeness (QED) is 0.481. The van der Waals surface area contributed by atoms with E-state index >= 15 is 0 Å². The van der Waals surface area contributed by atoms with Gasteiger partial charge in [0.1, 0.15) is 11.5 Å². The number of hydrazone groups is 1. The molecule has 5 nitrogen and oxygen atoms in total. The molecule has 0 unspecified atom stereocenters. The Morgan fingerprint density at radius 2 is 1.89 bits per heavy atom. The highest BCUT2D eigenvalue weighted by Gasteiger charge is 1.99. The standard InChI is InChI=1S/C12H17N3O2S/c1-4-13-12(18)15-14-8-9-5-10(16-2)7-11(6-9)17-3/h5-8H,4H2,1-3H3,(H2,13,15,18)/b14-8+. The topological polar surface area (TPSA) is 54.9 Å². The molecule has 6 heteroatoms. The van der Waals surface area contributed by atoms with Gasteiger partial charge in [0.25, 0.3) is 0 Å². The van der Waals surface area contributed by atoms with E-state index in [0.717, 1.165) is 12.1 Å². The molecule has 0 saturated carbocycles. The van der Waals surface area contributed by atoms with Crippen LogP contribution in [0.15, 0.2) is 23.3 Å². The van der Waals surface area contributed by atoms with Crippen molar-refractivity contribution in [2.24, 2.45) is 5.10 Å². The second-order valence-corrected chi connectivity index (χ2v) is 3.78. The molecule has 0 aliphatic rings. The Hall–Kier alpha value is -1.82.